The van der Waals surface area contributed by atoms with Crippen molar-refractivity contribution in [2.75, 3.05) is 44.2 Å². The molecule has 16 rings (SSSR count). The second kappa shape index (κ2) is 35.8. The topological polar surface area (TPSA) is 370 Å². The van der Waals surface area contributed by atoms with Gasteiger partial charge in [0.1, 0.15) is 47.4 Å². The van der Waals surface area contributed by atoms with Crippen LogP contribution >= 0.6 is 46.4 Å². The van der Waals surface area contributed by atoms with Crippen LogP contribution < -0.4 is 44.2 Å². The Balaban J connectivity index is 0.000000143. The first-order chi connectivity index (χ1) is 55.9. The first-order valence-electron chi connectivity index (χ1n) is 36.5. The smallest absolute Gasteiger partial charge is 0.135 e. The van der Waals surface area contributed by atoms with E-state index in [0.717, 1.165) is 110 Å². The molecule has 0 saturated heterocycles. The number of aryl methyl sites for hydroxylation is 4. The van der Waals surface area contributed by atoms with E-state index in [2.05, 4.69) is 111 Å². The molecule has 0 saturated carbocycles. The molecule has 8 aromatic heterocycles. The van der Waals surface area contributed by atoms with Crippen LogP contribution in [0.15, 0.2) is 220 Å². The van der Waals surface area contributed by atoms with Gasteiger partial charge < -0.3 is 44.2 Å². The summed E-state index contributed by atoms with van der Waals surface area (Å²) < 4.78 is 6.37. The lowest BCUT2D eigenvalue weighted by Gasteiger charge is -2.16. The molecule has 24 nitrogen and oxygen atoms in total. The molecular formula is C89H80Cl4N24. The highest BCUT2D eigenvalue weighted by Crippen LogP contribution is 2.47. The summed E-state index contributed by atoms with van der Waals surface area (Å²) in [6, 6.07) is 55.1. The van der Waals surface area contributed by atoms with E-state index in [1.54, 1.807) is 121 Å². The number of nitriles is 4. The molecule has 0 aliphatic heterocycles. The van der Waals surface area contributed by atoms with Gasteiger partial charge in [-0.2, -0.15) is 41.4 Å². The van der Waals surface area contributed by atoms with Crippen molar-refractivity contribution in [2.24, 2.45) is 0 Å². The minimum atomic E-state index is -0.363. The van der Waals surface area contributed by atoms with Crippen LogP contribution in [0, 0.1) is 73.0 Å². The fraction of sp³-hybridized carbons (Fsp3) is 0.146. The van der Waals surface area contributed by atoms with Crippen LogP contribution in [0.3, 0.4) is 0 Å². The molecule has 4 atom stereocenters. The molecule has 0 aliphatic rings. The van der Waals surface area contributed by atoms with Crippen LogP contribution in [0.4, 0.5) is 68.8 Å². The lowest BCUT2D eigenvalue weighted by atomic mass is 9.97. The van der Waals surface area contributed by atoms with Gasteiger partial charge in [0.15, 0.2) is 0 Å². The van der Waals surface area contributed by atoms with Gasteiger partial charge in [-0.25, -0.2) is 19.9 Å². The number of pyridine rings is 4. The van der Waals surface area contributed by atoms with Crippen molar-refractivity contribution in [1.29, 1.82) is 21.0 Å². The van der Waals surface area contributed by atoms with E-state index in [4.69, 9.17) is 90.4 Å². The third kappa shape index (κ3) is 17.9. The molecule has 16 aromatic rings. The fourth-order valence-electron chi connectivity index (χ4n) is 13.1. The van der Waals surface area contributed by atoms with Gasteiger partial charge in [0.2, 0.25) is 0 Å². The SMILES string of the molecule is C.Cc1ccccc1-c1c(Cl)c(N)c2cnc(Nc3cnn(C(C)C#N)c3)cc2c1Cl.Cc1ccccc1-c1cc(N)c2cnc(Nc3cnn(C(C)C#N)c3)cc2c1Cl.Cc1ccccc1-c1cc(N)c2cnc(Nc3cnn([C@H](C)C#N)c3)cc2c1.Cc1ccccc1-c1cc2cc(Nc3cnn([C@@H](C)C#N)c3)ncc2c(N)c1Cl. The Kier molecular flexibility index (Phi) is 25.2. The average Bonchev–Trinajstić information content (AvgIpc) is 1.59. The Bertz CT molecular complexity index is 6540. The highest BCUT2D eigenvalue weighted by molar-refractivity contribution is 6.45. The number of fused-ring (bicyclic) bond motifs is 4. The van der Waals surface area contributed by atoms with Gasteiger partial charge in [-0.15, -0.1) is 0 Å². The zero-order chi connectivity index (χ0) is 82.2. The summed E-state index contributed by atoms with van der Waals surface area (Å²) in [4.78, 5) is 17.8. The molecule has 12 N–H and O–H groups in total. The van der Waals surface area contributed by atoms with Gasteiger partial charge in [0, 0.05) is 110 Å². The number of hydrogen-bond acceptors (Lipinski definition) is 20. The number of nitrogens with one attached hydrogen (secondary N) is 4. The molecule has 8 heterocycles. The number of nitrogen functional groups attached to an aromatic ring is 4. The van der Waals surface area contributed by atoms with E-state index in [1.165, 1.54) is 5.56 Å². The predicted octanol–water partition coefficient (Wildman–Crippen LogP) is 22.5. The molecule has 0 amide bonds. The summed E-state index contributed by atoms with van der Waals surface area (Å²) in [6.07, 6.45) is 20.5. The maximum atomic E-state index is 9.04. The average molecular weight is 1630 g/mol. The third-order valence-corrected chi connectivity index (χ3v) is 21.1. The number of rotatable bonds is 16. The molecule has 0 radical (unpaired) electrons. The Morgan fingerprint density at radius 2 is 0.667 bits per heavy atom. The molecule has 2 unspecified atom stereocenters. The van der Waals surface area contributed by atoms with E-state index in [-0.39, 0.29) is 31.6 Å². The fourth-order valence-corrected chi connectivity index (χ4v) is 14.3. The second-order valence-electron chi connectivity index (χ2n) is 27.6. The molecular weight excluding hydrogens is 1550 g/mol. The normalized spacial score (nSPS) is 11.8. The maximum Gasteiger partial charge on any atom is 0.135 e. The molecule has 584 valence electrons. The summed E-state index contributed by atoms with van der Waals surface area (Å²) in [6.45, 7) is 15.3. The standard InChI is InChI=1S/C22H18Cl2N6.2C22H19ClN6.C22H20N6.CH4/c1-12-5-3-4-6-15(12)19-20(23)16-7-18(27-10-17(16)22(26)21(19)24)29-14-9-28-30(11-14)13(2)8-25;1-13-5-3-4-6-16(13)17-7-20(25)19-11-26-21(8-18(19)22(17)23)28-15-10-27-29(12-15)14(2)9-24;1-13-5-3-4-6-17(13)18-7-15-8-20(26-11-19(15)22(25)21(18)23)28-16-10-27-29(12-16)14(2)9-24;1-14-5-3-4-6-19(14)16-7-17-9-22(25-12-20(17)21(24)8-16)27-18-11-26-28(13-18)15(2)10-23;/h3-7,9-11,13H,26H2,1-2H3,(H,27,29);2*3-8,10-12,14H,25H2,1-2H3,(H,26,28);3-9,11-13,15H,24H2,1-2H3,(H,25,27);1H4/t;;14-;15-;/m..01./s1. The van der Waals surface area contributed by atoms with Crippen LogP contribution in [0.5, 0.6) is 0 Å². The minimum Gasteiger partial charge on any atom is -0.398 e. The molecule has 0 fully saturated rings. The summed E-state index contributed by atoms with van der Waals surface area (Å²) >= 11 is 26.8. The Labute approximate surface area is 696 Å². The summed E-state index contributed by atoms with van der Waals surface area (Å²) in [5.41, 5.74) is 42.7. The van der Waals surface area contributed by atoms with Crippen LogP contribution in [0.25, 0.3) is 87.6 Å². The van der Waals surface area contributed by atoms with Gasteiger partial charge in [-0.05, 0) is 165 Å². The quantitative estimate of drug-likeness (QED) is 0.0417. The number of halogens is 4. The number of benzene rings is 8. The number of anilines is 12. The lowest BCUT2D eigenvalue weighted by molar-refractivity contribution is 0.591. The van der Waals surface area contributed by atoms with Crippen molar-refractivity contribution in [3.05, 3.63) is 262 Å². The van der Waals surface area contributed by atoms with Gasteiger partial charge in [-0.1, -0.05) is 151 Å². The predicted molar refractivity (Wildman–Crippen MR) is 475 cm³/mol. The Morgan fingerprint density at radius 3 is 1.09 bits per heavy atom. The second-order valence-corrected chi connectivity index (χ2v) is 29.1. The van der Waals surface area contributed by atoms with Crippen molar-refractivity contribution < 1.29 is 0 Å². The van der Waals surface area contributed by atoms with E-state index in [0.29, 0.717) is 82.7 Å². The number of nitrogens with zero attached hydrogens (tertiary/aromatic N) is 16. The number of nitrogens with two attached hydrogens (primary N) is 4. The van der Waals surface area contributed by atoms with E-state index in [1.807, 2.05) is 148 Å². The molecule has 0 spiro atoms. The van der Waals surface area contributed by atoms with Crippen molar-refractivity contribution in [2.45, 2.75) is 87.0 Å². The van der Waals surface area contributed by atoms with Crippen molar-refractivity contribution in [1.82, 2.24) is 59.1 Å². The maximum absolute atomic E-state index is 9.04. The summed E-state index contributed by atoms with van der Waals surface area (Å²) in [7, 11) is 0. The number of aromatic nitrogens is 12. The van der Waals surface area contributed by atoms with Gasteiger partial charge in [0.05, 0.1) is 103 Å². The molecule has 8 aromatic carbocycles. The largest absolute Gasteiger partial charge is 0.398 e. The van der Waals surface area contributed by atoms with Crippen LogP contribution in [-0.4, -0.2) is 59.1 Å². The highest BCUT2D eigenvalue weighted by atomic mass is 35.5. The molecule has 28 heteroatoms. The number of hydrogen-bond donors (Lipinski definition) is 8. The first kappa shape index (κ1) is 82.2. The van der Waals surface area contributed by atoms with Crippen LogP contribution in [0.2, 0.25) is 20.1 Å². The van der Waals surface area contributed by atoms with E-state index in [9.17, 15) is 0 Å². The van der Waals surface area contributed by atoms with Gasteiger partial charge in [0.25, 0.3) is 0 Å². The van der Waals surface area contributed by atoms with Gasteiger partial charge in [-0.3, -0.25) is 18.7 Å². The first-order valence-corrected chi connectivity index (χ1v) is 38.0. The van der Waals surface area contributed by atoms with E-state index < -0.39 is 0 Å². The van der Waals surface area contributed by atoms with Crippen molar-refractivity contribution in [3.8, 4) is 68.8 Å². The summed E-state index contributed by atoms with van der Waals surface area (Å²) in [5.74, 6) is 2.54. The Morgan fingerprint density at radius 1 is 0.333 bits per heavy atom. The zero-order valence-corrected chi connectivity index (χ0v) is 67.1. The molecule has 0 aliphatic carbocycles. The summed E-state index contributed by atoms with van der Waals surface area (Å²) in [5, 5.41) is 74.6. The van der Waals surface area contributed by atoms with Crippen LogP contribution in [-0.2, 0) is 0 Å². The van der Waals surface area contributed by atoms with Crippen molar-refractivity contribution >= 4 is 158 Å². The third-order valence-electron chi connectivity index (χ3n) is 19.5. The Hall–Kier alpha value is -14.2. The van der Waals surface area contributed by atoms with Crippen LogP contribution in [0.1, 0.15) is 81.5 Å². The zero-order valence-electron chi connectivity index (χ0n) is 64.1. The molecule has 117 heavy (non-hydrogen) atoms. The highest BCUT2D eigenvalue weighted by Gasteiger charge is 2.22. The van der Waals surface area contributed by atoms with E-state index >= 15 is 0 Å². The van der Waals surface area contributed by atoms with Crippen molar-refractivity contribution in [3.63, 3.8) is 0 Å². The van der Waals surface area contributed by atoms with Gasteiger partial charge >= 0.3 is 0 Å². The lowest BCUT2D eigenvalue weighted by Crippen LogP contribution is -2.02. The minimum absolute atomic E-state index is 0. The molecule has 0 bridgehead atoms. The monoisotopic (exact) mass is 1620 g/mol.